The number of alkyl halides is 3. The van der Waals surface area contributed by atoms with Gasteiger partial charge in [-0.1, -0.05) is 19.8 Å². The Bertz CT molecular complexity index is 268. The molecule has 0 aromatic rings. The molecule has 1 saturated carbocycles. The van der Waals surface area contributed by atoms with Crippen molar-refractivity contribution in [2.75, 3.05) is 13.2 Å². The third kappa shape index (κ3) is 5.60. The molecule has 0 aromatic carbocycles. The van der Waals surface area contributed by atoms with Crippen LogP contribution >= 0.6 is 0 Å². The van der Waals surface area contributed by atoms with Crippen LogP contribution in [0.25, 0.3) is 0 Å². The molecule has 0 aromatic heterocycles. The summed E-state index contributed by atoms with van der Waals surface area (Å²) in [6, 6.07) is -0.190. The maximum absolute atomic E-state index is 13.2. The first-order chi connectivity index (χ1) is 9.36. The average Bonchev–Trinajstić information content (AvgIpc) is 2.37. The highest BCUT2D eigenvalue weighted by Crippen LogP contribution is 2.42. The van der Waals surface area contributed by atoms with Crippen molar-refractivity contribution in [1.29, 1.82) is 0 Å². The van der Waals surface area contributed by atoms with Crippen molar-refractivity contribution in [2.45, 2.75) is 71.2 Å². The van der Waals surface area contributed by atoms with Crippen molar-refractivity contribution in [3.8, 4) is 0 Å². The van der Waals surface area contributed by atoms with Gasteiger partial charge in [0, 0.05) is 6.04 Å². The van der Waals surface area contributed by atoms with Crippen molar-refractivity contribution >= 4 is 0 Å². The van der Waals surface area contributed by atoms with E-state index in [-0.39, 0.29) is 24.5 Å². The summed E-state index contributed by atoms with van der Waals surface area (Å²) in [4.78, 5) is 0. The van der Waals surface area contributed by atoms with E-state index >= 15 is 0 Å². The molecule has 0 radical (unpaired) electrons. The lowest BCUT2D eigenvalue weighted by atomic mass is 9.75. The van der Waals surface area contributed by atoms with E-state index < -0.39 is 12.1 Å². The van der Waals surface area contributed by atoms with E-state index in [0.29, 0.717) is 19.4 Å². The molecule has 120 valence electrons. The Kier molecular flexibility index (Phi) is 7.30. The van der Waals surface area contributed by atoms with E-state index in [0.717, 1.165) is 19.4 Å². The fourth-order valence-electron chi connectivity index (χ4n) is 3.01. The summed E-state index contributed by atoms with van der Waals surface area (Å²) in [5.41, 5.74) is 0. The van der Waals surface area contributed by atoms with Gasteiger partial charge in [0.05, 0.1) is 18.6 Å². The van der Waals surface area contributed by atoms with Gasteiger partial charge in [0.1, 0.15) is 0 Å². The average molecular weight is 295 g/mol. The Morgan fingerprint density at radius 2 is 1.85 bits per heavy atom. The van der Waals surface area contributed by atoms with Gasteiger partial charge in [0.25, 0.3) is 0 Å². The molecule has 20 heavy (non-hydrogen) atoms. The topological polar surface area (TPSA) is 21.3 Å². The first kappa shape index (κ1) is 17.8. The summed E-state index contributed by atoms with van der Waals surface area (Å²) >= 11 is 0. The SMILES string of the molecule is CCCNC(COC(C)C)C1CCCCC1C(F)(F)F. The zero-order valence-electron chi connectivity index (χ0n) is 12.8. The quantitative estimate of drug-likeness (QED) is 0.762. The van der Waals surface area contributed by atoms with Gasteiger partial charge in [-0.25, -0.2) is 0 Å². The Labute approximate surface area is 120 Å². The molecular weight excluding hydrogens is 267 g/mol. The van der Waals surface area contributed by atoms with Crippen LogP contribution in [0.2, 0.25) is 0 Å². The van der Waals surface area contributed by atoms with E-state index in [1.807, 2.05) is 20.8 Å². The summed E-state index contributed by atoms with van der Waals surface area (Å²) in [6.45, 7) is 6.97. The predicted molar refractivity (Wildman–Crippen MR) is 74.7 cm³/mol. The molecule has 1 N–H and O–H groups in total. The highest BCUT2D eigenvalue weighted by Gasteiger charge is 2.47. The Morgan fingerprint density at radius 3 is 2.40 bits per heavy atom. The predicted octanol–water partition coefficient (Wildman–Crippen LogP) is 4.15. The van der Waals surface area contributed by atoms with Crippen LogP contribution in [-0.4, -0.2) is 31.5 Å². The number of rotatable bonds is 7. The molecule has 2 nitrogen and oxygen atoms in total. The van der Waals surface area contributed by atoms with Gasteiger partial charge in [-0.15, -0.1) is 0 Å². The maximum atomic E-state index is 13.2. The fourth-order valence-corrected chi connectivity index (χ4v) is 3.01. The molecule has 0 heterocycles. The third-order valence-electron chi connectivity index (χ3n) is 4.02. The zero-order chi connectivity index (χ0) is 15.2. The van der Waals surface area contributed by atoms with Crippen molar-refractivity contribution in [3.63, 3.8) is 0 Å². The van der Waals surface area contributed by atoms with Crippen LogP contribution in [0.3, 0.4) is 0 Å². The van der Waals surface area contributed by atoms with E-state index in [2.05, 4.69) is 5.32 Å². The minimum Gasteiger partial charge on any atom is -0.377 e. The minimum absolute atomic E-state index is 0.0499. The van der Waals surface area contributed by atoms with Crippen LogP contribution in [0.15, 0.2) is 0 Å². The normalized spacial score (nSPS) is 25.9. The molecule has 1 fully saturated rings. The molecule has 0 amide bonds. The molecule has 1 rings (SSSR count). The third-order valence-corrected chi connectivity index (χ3v) is 4.02. The van der Waals surface area contributed by atoms with Gasteiger partial charge in [0.2, 0.25) is 0 Å². The van der Waals surface area contributed by atoms with Crippen molar-refractivity contribution in [3.05, 3.63) is 0 Å². The fraction of sp³-hybridized carbons (Fsp3) is 1.00. The highest BCUT2D eigenvalue weighted by atomic mass is 19.4. The number of hydrogen-bond donors (Lipinski definition) is 1. The van der Waals surface area contributed by atoms with Crippen LogP contribution in [0.4, 0.5) is 13.2 Å². The molecule has 3 unspecified atom stereocenters. The molecular formula is C15H28F3NO. The molecule has 3 atom stereocenters. The van der Waals surface area contributed by atoms with E-state index in [1.54, 1.807) is 0 Å². The van der Waals surface area contributed by atoms with Gasteiger partial charge in [-0.2, -0.15) is 13.2 Å². The van der Waals surface area contributed by atoms with Gasteiger partial charge in [-0.3, -0.25) is 0 Å². The molecule has 1 aliphatic rings. The van der Waals surface area contributed by atoms with Crippen molar-refractivity contribution in [2.24, 2.45) is 11.8 Å². The van der Waals surface area contributed by atoms with Gasteiger partial charge < -0.3 is 10.1 Å². The Hall–Kier alpha value is -0.290. The van der Waals surface area contributed by atoms with Crippen LogP contribution in [0.5, 0.6) is 0 Å². The van der Waals surface area contributed by atoms with E-state index in [1.165, 1.54) is 0 Å². The molecule has 1 aliphatic carbocycles. The lowest BCUT2D eigenvalue weighted by molar-refractivity contribution is -0.201. The summed E-state index contributed by atoms with van der Waals surface area (Å²) in [7, 11) is 0. The number of nitrogens with one attached hydrogen (secondary N) is 1. The Morgan fingerprint density at radius 1 is 1.20 bits per heavy atom. The number of hydrogen-bond acceptors (Lipinski definition) is 2. The standard InChI is InChI=1S/C15H28F3NO/c1-4-9-19-14(10-20-11(2)3)12-7-5-6-8-13(12)15(16,17)18/h11-14,19H,4-10H2,1-3H3. The molecule has 0 aliphatic heterocycles. The lowest BCUT2D eigenvalue weighted by Crippen LogP contribution is -2.48. The van der Waals surface area contributed by atoms with Crippen LogP contribution in [-0.2, 0) is 4.74 Å². The van der Waals surface area contributed by atoms with Gasteiger partial charge in [-0.05, 0) is 45.6 Å². The monoisotopic (exact) mass is 295 g/mol. The number of ether oxygens (including phenoxy) is 1. The summed E-state index contributed by atoms with van der Waals surface area (Å²) in [5, 5.41) is 3.27. The second-order valence-corrected chi connectivity index (χ2v) is 6.04. The van der Waals surface area contributed by atoms with Gasteiger partial charge in [0.15, 0.2) is 0 Å². The Balaban J connectivity index is 2.73. The van der Waals surface area contributed by atoms with Crippen molar-refractivity contribution in [1.82, 2.24) is 5.32 Å². The van der Waals surface area contributed by atoms with E-state index in [9.17, 15) is 13.2 Å². The maximum Gasteiger partial charge on any atom is 0.392 e. The van der Waals surface area contributed by atoms with E-state index in [4.69, 9.17) is 4.74 Å². The molecule has 0 saturated heterocycles. The van der Waals surface area contributed by atoms with Crippen LogP contribution in [0.1, 0.15) is 52.9 Å². The summed E-state index contributed by atoms with van der Waals surface area (Å²) in [6.07, 6.45) is -0.631. The molecule has 0 bridgehead atoms. The van der Waals surface area contributed by atoms with Gasteiger partial charge >= 0.3 is 6.18 Å². The smallest absolute Gasteiger partial charge is 0.377 e. The highest BCUT2D eigenvalue weighted by molar-refractivity contribution is 4.88. The second-order valence-electron chi connectivity index (χ2n) is 6.04. The first-order valence-corrected chi connectivity index (χ1v) is 7.78. The largest absolute Gasteiger partial charge is 0.392 e. The molecule has 0 spiro atoms. The van der Waals surface area contributed by atoms with Crippen molar-refractivity contribution < 1.29 is 17.9 Å². The summed E-state index contributed by atoms with van der Waals surface area (Å²) < 4.78 is 45.2. The molecule has 5 heteroatoms. The van der Waals surface area contributed by atoms with Crippen LogP contribution < -0.4 is 5.32 Å². The minimum atomic E-state index is -4.09. The number of halogens is 3. The second kappa shape index (κ2) is 8.23. The zero-order valence-corrected chi connectivity index (χ0v) is 12.8. The lowest BCUT2D eigenvalue weighted by Gasteiger charge is -2.38. The first-order valence-electron chi connectivity index (χ1n) is 7.78. The summed E-state index contributed by atoms with van der Waals surface area (Å²) in [5.74, 6) is -1.53. The van der Waals surface area contributed by atoms with Crippen LogP contribution in [0, 0.1) is 11.8 Å².